The first-order valence-corrected chi connectivity index (χ1v) is 12.3. The van der Waals surface area contributed by atoms with Crippen LogP contribution in [0, 0.1) is 0 Å². The summed E-state index contributed by atoms with van der Waals surface area (Å²) in [5, 5.41) is 9.83. The highest BCUT2D eigenvalue weighted by molar-refractivity contribution is 7.92. The molecule has 0 heterocycles. The molecule has 0 aromatic heterocycles. The zero-order valence-electron chi connectivity index (χ0n) is 14.3. The number of nitrogens with two attached hydrogens (primary N) is 1. The van der Waals surface area contributed by atoms with Gasteiger partial charge in [-0.1, -0.05) is 26.8 Å². The Kier molecular flexibility index (Phi) is 7.06. The van der Waals surface area contributed by atoms with Crippen LogP contribution in [0.5, 0.6) is 5.75 Å². The maximum Gasteiger partial charge on any atom is 0.229 e. The molecule has 1 aromatic rings. The predicted molar refractivity (Wildman–Crippen MR) is 96.7 cm³/mol. The van der Waals surface area contributed by atoms with E-state index in [0.29, 0.717) is 6.54 Å². The number of aromatic hydroxyl groups is 1. The lowest BCUT2D eigenvalue weighted by molar-refractivity contribution is 0.198. The van der Waals surface area contributed by atoms with Gasteiger partial charge in [-0.2, -0.15) is 0 Å². The van der Waals surface area contributed by atoms with Crippen LogP contribution >= 0.6 is 0 Å². The van der Waals surface area contributed by atoms with Gasteiger partial charge in [-0.15, -0.1) is 0 Å². The predicted octanol–water partition coefficient (Wildman–Crippen LogP) is 2.79. The van der Waals surface area contributed by atoms with Crippen molar-refractivity contribution in [1.82, 2.24) is 0 Å². The van der Waals surface area contributed by atoms with Crippen molar-refractivity contribution in [1.29, 1.82) is 0 Å². The van der Waals surface area contributed by atoms with Gasteiger partial charge in [0.05, 0.1) is 18.0 Å². The minimum absolute atomic E-state index is 0.125. The second-order valence-corrected chi connectivity index (χ2v) is 12.2. The van der Waals surface area contributed by atoms with Gasteiger partial charge in [0.15, 0.2) is 8.32 Å². The molecule has 0 saturated heterocycles. The minimum atomic E-state index is -3.47. The van der Waals surface area contributed by atoms with Gasteiger partial charge in [-0.3, -0.25) is 4.72 Å². The molecule has 0 saturated carbocycles. The fourth-order valence-corrected chi connectivity index (χ4v) is 5.99. The van der Waals surface area contributed by atoms with Gasteiger partial charge < -0.3 is 15.3 Å². The molecule has 0 aliphatic heterocycles. The maximum absolute atomic E-state index is 11.4. The second-order valence-electron chi connectivity index (χ2n) is 5.74. The van der Waals surface area contributed by atoms with Crippen LogP contribution in [0.2, 0.25) is 18.1 Å². The molecule has 132 valence electrons. The van der Waals surface area contributed by atoms with Crippen molar-refractivity contribution in [2.75, 3.05) is 17.5 Å². The lowest BCUT2D eigenvalue weighted by Gasteiger charge is -2.33. The van der Waals surface area contributed by atoms with Gasteiger partial charge in [0.2, 0.25) is 10.0 Å². The Balaban J connectivity index is 3.14. The molecule has 23 heavy (non-hydrogen) atoms. The molecule has 1 rings (SSSR count). The number of anilines is 1. The molecule has 0 amide bonds. The molecule has 0 aliphatic rings. The molecular formula is C15H28N2O4SSi. The summed E-state index contributed by atoms with van der Waals surface area (Å²) in [4.78, 5) is 0. The summed E-state index contributed by atoms with van der Waals surface area (Å²) in [6.07, 6.45) is 0.737. The average Bonchev–Trinajstić information content (AvgIpc) is 2.50. The summed E-state index contributed by atoms with van der Waals surface area (Å²) < 4.78 is 31.5. The van der Waals surface area contributed by atoms with E-state index >= 15 is 0 Å². The zero-order chi connectivity index (χ0) is 17.7. The summed E-state index contributed by atoms with van der Waals surface area (Å²) >= 11 is 0. The van der Waals surface area contributed by atoms with Gasteiger partial charge in [0.1, 0.15) is 5.75 Å². The van der Waals surface area contributed by atoms with Crippen LogP contribution in [0.25, 0.3) is 0 Å². The number of rotatable bonds is 9. The molecule has 0 fully saturated rings. The van der Waals surface area contributed by atoms with Crippen LogP contribution in [0.1, 0.15) is 32.4 Å². The number of phenolic OH excluding ortho intramolecular Hbond substituents is 1. The summed E-state index contributed by atoms with van der Waals surface area (Å²) in [5.41, 5.74) is 6.80. The van der Waals surface area contributed by atoms with E-state index in [4.69, 9.17) is 10.2 Å². The number of nitrogens with one attached hydrogen (secondary N) is 1. The number of benzene rings is 1. The number of sulfonamides is 1. The lowest BCUT2D eigenvalue weighted by atomic mass is 10.1. The smallest absolute Gasteiger partial charge is 0.229 e. The van der Waals surface area contributed by atoms with Crippen LogP contribution < -0.4 is 10.5 Å². The summed E-state index contributed by atoms with van der Waals surface area (Å²) in [5.74, 6) is -0.125. The van der Waals surface area contributed by atoms with Gasteiger partial charge in [-0.05, 0) is 35.8 Å². The standard InChI is InChI=1S/C15H28N2O4SSi/c1-5-23(6-2,7-3)21-15(11-16)12-8-9-14(18)13(10-12)17-22(4,19)20/h8-10,15,17-18H,5-7,11,16H2,1-4H3. The summed E-state index contributed by atoms with van der Waals surface area (Å²) in [7, 11) is -5.31. The summed E-state index contributed by atoms with van der Waals surface area (Å²) in [6.45, 7) is 6.72. The van der Waals surface area contributed by atoms with Gasteiger partial charge in [0.25, 0.3) is 0 Å². The largest absolute Gasteiger partial charge is 0.506 e. The topological polar surface area (TPSA) is 102 Å². The Bertz CT molecular complexity index is 610. The molecule has 8 heteroatoms. The highest BCUT2D eigenvalue weighted by Crippen LogP contribution is 2.33. The number of hydrogen-bond acceptors (Lipinski definition) is 5. The highest BCUT2D eigenvalue weighted by atomic mass is 32.2. The fraction of sp³-hybridized carbons (Fsp3) is 0.600. The highest BCUT2D eigenvalue weighted by Gasteiger charge is 2.32. The molecule has 0 spiro atoms. The Morgan fingerprint density at radius 3 is 2.26 bits per heavy atom. The Hall–Kier alpha value is -1.09. The molecule has 1 atom stereocenters. The molecule has 4 N–H and O–H groups in total. The molecule has 0 radical (unpaired) electrons. The van der Waals surface area contributed by atoms with E-state index < -0.39 is 18.3 Å². The molecule has 1 unspecified atom stereocenters. The van der Waals surface area contributed by atoms with Crippen molar-refractivity contribution in [3.8, 4) is 5.75 Å². The van der Waals surface area contributed by atoms with E-state index in [1.807, 2.05) is 0 Å². The van der Waals surface area contributed by atoms with Crippen molar-refractivity contribution >= 4 is 24.0 Å². The van der Waals surface area contributed by atoms with Crippen LogP contribution in [0.3, 0.4) is 0 Å². The Morgan fingerprint density at radius 2 is 1.83 bits per heavy atom. The molecule has 0 aliphatic carbocycles. The third-order valence-corrected chi connectivity index (χ3v) is 9.47. The van der Waals surface area contributed by atoms with Crippen LogP contribution in [0.15, 0.2) is 18.2 Å². The first kappa shape index (κ1) is 20.0. The van der Waals surface area contributed by atoms with Crippen LogP contribution in [-0.2, 0) is 14.4 Å². The van der Waals surface area contributed by atoms with Crippen molar-refractivity contribution < 1.29 is 18.0 Å². The SMILES string of the molecule is CC[Si](CC)(CC)OC(CN)c1ccc(O)c(NS(C)(=O)=O)c1. The van der Waals surface area contributed by atoms with Crippen molar-refractivity contribution in [3.63, 3.8) is 0 Å². The minimum Gasteiger partial charge on any atom is -0.506 e. The van der Waals surface area contributed by atoms with E-state index in [9.17, 15) is 13.5 Å². The first-order chi connectivity index (χ1) is 10.7. The maximum atomic E-state index is 11.4. The Morgan fingerprint density at radius 1 is 1.26 bits per heavy atom. The van der Waals surface area contributed by atoms with E-state index in [2.05, 4.69) is 25.5 Å². The monoisotopic (exact) mass is 360 g/mol. The Labute approximate surface area is 140 Å². The van der Waals surface area contributed by atoms with Gasteiger partial charge in [-0.25, -0.2) is 8.42 Å². The van der Waals surface area contributed by atoms with Crippen LogP contribution in [0.4, 0.5) is 5.69 Å². The normalized spacial score (nSPS) is 13.8. The van der Waals surface area contributed by atoms with Crippen molar-refractivity contribution in [3.05, 3.63) is 23.8 Å². The molecule has 6 nitrogen and oxygen atoms in total. The average molecular weight is 361 g/mol. The third kappa shape index (κ3) is 5.49. The zero-order valence-corrected chi connectivity index (χ0v) is 16.1. The third-order valence-electron chi connectivity index (χ3n) is 4.23. The van der Waals surface area contributed by atoms with Crippen LogP contribution in [-0.4, -0.2) is 34.6 Å². The van der Waals surface area contributed by atoms with E-state index in [-0.39, 0.29) is 17.5 Å². The van der Waals surface area contributed by atoms with Gasteiger partial charge in [0, 0.05) is 6.54 Å². The quantitative estimate of drug-likeness (QED) is 0.464. The fourth-order valence-electron chi connectivity index (χ4n) is 2.59. The number of hydrogen-bond donors (Lipinski definition) is 3. The second kappa shape index (κ2) is 8.14. The number of phenols is 1. The van der Waals surface area contributed by atoms with E-state index in [0.717, 1.165) is 30.0 Å². The molecule has 1 aromatic carbocycles. The van der Waals surface area contributed by atoms with E-state index in [1.54, 1.807) is 12.1 Å². The lowest BCUT2D eigenvalue weighted by Crippen LogP contribution is -2.39. The van der Waals surface area contributed by atoms with Crippen molar-refractivity contribution in [2.45, 2.75) is 45.0 Å². The molecular weight excluding hydrogens is 332 g/mol. The van der Waals surface area contributed by atoms with Crippen molar-refractivity contribution in [2.24, 2.45) is 5.73 Å². The van der Waals surface area contributed by atoms with E-state index in [1.165, 1.54) is 6.07 Å². The first-order valence-electron chi connectivity index (χ1n) is 7.88. The summed E-state index contributed by atoms with van der Waals surface area (Å²) in [6, 6.07) is 7.78. The van der Waals surface area contributed by atoms with Gasteiger partial charge >= 0.3 is 0 Å². The molecule has 0 bridgehead atoms.